The molecule has 0 N–H and O–H groups in total. The van der Waals surface area contributed by atoms with E-state index in [-0.39, 0.29) is 24.2 Å². The molecule has 0 aromatic heterocycles. The van der Waals surface area contributed by atoms with Gasteiger partial charge in [0.1, 0.15) is 6.61 Å². The van der Waals surface area contributed by atoms with Gasteiger partial charge in [-0.25, -0.2) is 4.79 Å². The van der Waals surface area contributed by atoms with Crippen LogP contribution >= 0.6 is 0 Å². The topological polar surface area (TPSA) is 76.4 Å². The third-order valence-electron chi connectivity index (χ3n) is 5.00. The van der Waals surface area contributed by atoms with Crippen molar-refractivity contribution in [2.75, 3.05) is 20.3 Å². The lowest BCUT2D eigenvalue weighted by molar-refractivity contribution is -0.148. The van der Waals surface area contributed by atoms with Crippen molar-refractivity contribution < 1.29 is 32.2 Å². The van der Waals surface area contributed by atoms with E-state index in [9.17, 15) is 28.0 Å². The summed E-state index contributed by atoms with van der Waals surface area (Å²) < 4.78 is 50.6. The fourth-order valence-electron chi connectivity index (χ4n) is 3.18. The number of hydrogen-bond acceptors (Lipinski definition) is 5. The van der Waals surface area contributed by atoms with Crippen LogP contribution in [0.1, 0.15) is 47.8 Å². The van der Waals surface area contributed by atoms with Gasteiger partial charge < -0.3 is 9.47 Å². The molecule has 2 aromatic carbocycles. The van der Waals surface area contributed by atoms with Gasteiger partial charge in [-0.1, -0.05) is 63.2 Å². The molecule has 0 aliphatic rings. The minimum Gasteiger partial charge on any atom is -0.461 e. The predicted octanol–water partition coefficient (Wildman–Crippen LogP) is 4.84. The smallest absolute Gasteiger partial charge is 0.417 e. The van der Waals surface area contributed by atoms with Crippen LogP contribution in [-0.4, -0.2) is 32.1 Å². The molecular weight excluding hydrogens is 423 g/mol. The summed E-state index contributed by atoms with van der Waals surface area (Å²) in [7, 11) is 1.36. The van der Waals surface area contributed by atoms with Crippen molar-refractivity contribution in [3.8, 4) is 6.07 Å². The molecule has 0 spiro atoms. The molecule has 8 heteroatoms. The number of rotatable bonds is 7. The number of ketones is 1. The largest absolute Gasteiger partial charge is 0.461 e. The van der Waals surface area contributed by atoms with Crippen LogP contribution in [0.25, 0.3) is 0 Å². The maximum Gasteiger partial charge on any atom is 0.417 e. The molecule has 0 amide bonds. The zero-order valence-electron chi connectivity index (χ0n) is 18.2. The number of nitrogens with zero attached hydrogens (tertiary/aromatic N) is 1. The molecule has 170 valence electrons. The predicted molar refractivity (Wildman–Crippen MR) is 111 cm³/mol. The number of benzene rings is 2. The zero-order chi connectivity index (χ0) is 24.2. The van der Waals surface area contributed by atoms with Gasteiger partial charge in [-0.3, -0.25) is 4.79 Å². The Morgan fingerprint density at radius 3 is 2.00 bits per heavy atom. The number of nitriles is 1. The molecule has 32 heavy (non-hydrogen) atoms. The second-order valence-electron chi connectivity index (χ2n) is 8.19. The van der Waals surface area contributed by atoms with E-state index < -0.39 is 34.5 Å². The van der Waals surface area contributed by atoms with Crippen molar-refractivity contribution in [3.63, 3.8) is 0 Å². The fraction of sp³-hybridized carbons (Fsp3) is 0.375. The number of alkyl halides is 3. The number of halogens is 3. The highest BCUT2D eigenvalue weighted by atomic mass is 19.4. The molecule has 5 nitrogen and oxygen atoms in total. The van der Waals surface area contributed by atoms with Gasteiger partial charge in [-0.2, -0.15) is 18.4 Å². The summed E-state index contributed by atoms with van der Waals surface area (Å²) in [6, 6.07) is 11.8. The first-order valence-electron chi connectivity index (χ1n) is 9.79. The van der Waals surface area contributed by atoms with Crippen LogP contribution in [0.4, 0.5) is 13.2 Å². The Kier molecular flexibility index (Phi) is 7.47. The van der Waals surface area contributed by atoms with Gasteiger partial charge in [0.15, 0.2) is 5.78 Å². The second kappa shape index (κ2) is 9.53. The number of esters is 1. The van der Waals surface area contributed by atoms with Crippen molar-refractivity contribution in [1.29, 1.82) is 5.26 Å². The Labute approximate surface area is 184 Å². The third kappa shape index (κ3) is 5.00. The maximum absolute atomic E-state index is 13.6. The molecule has 0 fully saturated rings. The highest BCUT2D eigenvalue weighted by Crippen LogP contribution is 2.37. The fourth-order valence-corrected chi connectivity index (χ4v) is 3.18. The number of Topliss-reactive ketones (excluding diaryl/α,β-unsaturated/α-hetero) is 1. The van der Waals surface area contributed by atoms with Gasteiger partial charge in [0.25, 0.3) is 0 Å². The summed E-state index contributed by atoms with van der Waals surface area (Å²) in [5.74, 6) is -2.57. The molecule has 1 atom stereocenters. The van der Waals surface area contributed by atoms with Crippen LogP contribution in [0.15, 0.2) is 48.5 Å². The molecule has 0 bridgehead atoms. The Hall–Kier alpha value is -3.18. The van der Waals surface area contributed by atoms with E-state index in [1.54, 1.807) is 18.2 Å². The van der Waals surface area contributed by atoms with Crippen molar-refractivity contribution in [3.05, 3.63) is 70.8 Å². The van der Waals surface area contributed by atoms with E-state index in [1.165, 1.54) is 25.3 Å². The minimum absolute atomic E-state index is 0.0104. The highest BCUT2D eigenvalue weighted by Gasteiger charge is 2.52. The van der Waals surface area contributed by atoms with Gasteiger partial charge in [-0.05, 0) is 22.6 Å². The summed E-state index contributed by atoms with van der Waals surface area (Å²) in [5.41, 5.74) is -4.13. The van der Waals surface area contributed by atoms with Crippen LogP contribution in [0.2, 0.25) is 0 Å². The molecule has 0 saturated carbocycles. The Balaban J connectivity index is 2.71. The van der Waals surface area contributed by atoms with Crippen LogP contribution in [-0.2, 0) is 31.3 Å². The Morgan fingerprint density at radius 2 is 1.50 bits per heavy atom. The van der Waals surface area contributed by atoms with E-state index in [4.69, 9.17) is 9.47 Å². The first-order chi connectivity index (χ1) is 14.9. The van der Waals surface area contributed by atoms with Crippen LogP contribution in [0.3, 0.4) is 0 Å². The summed E-state index contributed by atoms with van der Waals surface area (Å²) in [6.07, 6.45) is -4.86. The monoisotopic (exact) mass is 447 g/mol. The van der Waals surface area contributed by atoms with Gasteiger partial charge >= 0.3 is 12.1 Å². The third-order valence-corrected chi connectivity index (χ3v) is 5.00. The average Bonchev–Trinajstić information content (AvgIpc) is 2.74. The first-order valence-corrected chi connectivity index (χ1v) is 9.79. The van der Waals surface area contributed by atoms with E-state index in [2.05, 4.69) is 0 Å². The van der Waals surface area contributed by atoms with Crippen molar-refractivity contribution in [1.82, 2.24) is 0 Å². The summed E-state index contributed by atoms with van der Waals surface area (Å²) in [6.45, 7) is 5.56. The zero-order valence-corrected chi connectivity index (χ0v) is 18.2. The second-order valence-corrected chi connectivity index (χ2v) is 8.19. The standard InChI is InChI=1S/C24H24F3NO4/c1-22(2,3)16-9-11-17(12-10-16)23(15-28,21(30)32-14-13-31-4)20(29)18-7-5-6-8-19(18)24(25,26)27/h5-12H,13-14H2,1-4H3/t23-/m1/s1. The van der Waals surface area contributed by atoms with E-state index in [0.717, 1.165) is 23.8 Å². The van der Waals surface area contributed by atoms with Gasteiger partial charge in [0.05, 0.1) is 18.2 Å². The van der Waals surface area contributed by atoms with Crippen molar-refractivity contribution in [2.24, 2.45) is 0 Å². The highest BCUT2D eigenvalue weighted by molar-refractivity contribution is 6.20. The Bertz CT molecular complexity index is 1020. The van der Waals surface area contributed by atoms with Gasteiger partial charge in [0, 0.05) is 12.7 Å². The van der Waals surface area contributed by atoms with Crippen LogP contribution in [0.5, 0.6) is 0 Å². The summed E-state index contributed by atoms with van der Waals surface area (Å²) >= 11 is 0. The number of hydrogen-bond donors (Lipinski definition) is 0. The average molecular weight is 447 g/mol. The van der Waals surface area contributed by atoms with Crippen molar-refractivity contribution in [2.45, 2.75) is 37.8 Å². The van der Waals surface area contributed by atoms with Crippen LogP contribution in [0, 0.1) is 11.3 Å². The number of ether oxygens (including phenoxy) is 2. The van der Waals surface area contributed by atoms with Gasteiger partial charge in [0.2, 0.25) is 5.41 Å². The van der Waals surface area contributed by atoms with E-state index >= 15 is 0 Å². The lowest BCUT2D eigenvalue weighted by atomic mass is 9.73. The summed E-state index contributed by atoms with van der Waals surface area (Å²) in [5, 5.41) is 10.0. The number of methoxy groups -OCH3 is 1. The molecule has 0 heterocycles. The first kappa shape index (κ1) is 25.1. The SMILES string of the molecule is COCCOC(=O)[C@@](C#N)(C(=O)c1ccccc1C(F)(F)F)c1ccc(C(C)(C)C)cc1. The molecule has 0 saturated heterocycles. The molecule has 0 aliphatic carbocycles. The molecule has 0 radical (unpaired) electrons. The van der Waals surface area contributed by atoms with E-state index in [0.29, 0.717) is 0 Å². The molecule has 0 aliphatic heterocycles. The molecule has 2 rings (SSSR count). The van der Waals surface area contributed by atoms with Crippen LogP contribution < -0.4 is 0 Å². The van der Waals surface area contributed by atoms with Gasteiger partial charge in [-0.15, -0.1) is 0 Å². The normalized spacial score (nSPS) is 13.7. The lowest BCUT2D eigenvalue weighted by Gasteiger charge is -2.26. The minimum atomic E-state index is -4.86. The molecular formula is C24H24F3NO4. The lowest BCUT2D eigenvalue weighted by Crippen LogP contribution is -2.45. The number of carbonyl (C=O) groups is 2. The number of carbonyl (C=O) groups excluding carboxylic acids is 2. The molecule has 0 unspecified atom stereocenters. The van der Waals surface area contributed by atoms with Crippen molar-refractivity contribution >= 4 is 11.8 Å². The Morgan fingerprint density at radius 1 is 0.938 bits per heavy atom. The quantitative estimate of drug-likeness (QED) is 0.263. The van der Waals surface area contributed by atoms with E-state index in [1.807, 2.05) is 20.8 Å². The maximum atomic E-state index is 13.6. The summed E-state index contributed by atoms with van der Waals surface area (Å²) in [4.78, 5) is 26.5. The molecule has 2 aromatic rings.